The first kappa shape index (κ1) is 18.4. The van der Waals surface area contributed by atoms with E-state index in [0.717, 1.165) is 23.7 Å². The zero-order chi connectivity index (χ0) is 18.4. The predicted octanol–water partition coefficient (Wildman–Crippen LogP) is 2.78. The first-order chi connectivity index (χ1) is 12.6. The number of rotatable bonds is 8. The number of aromatic nitrogens is 4. The molecule has 1 aliphatic carbocycles. The molecule has 1 aliphatic rings. The molecule has 2 aromatic heterocycles. The van der Waals surface area contributed by atoms with Gasteiger partial charge < -0.3 is 10.6 Å². The fourth-order valence-corrected chi connectivity index (χ4v) is 3.51. The quantitative estimate of drug-likeness (QED) is 0.711. The molecule has 0 bridgehead atoms. The van der Waals surface area contributed by atoms with Crippen LogP contribution in [-0.2, 0) is 4.79 Å². The van der Waals surface area contributed by atoms with Gasteiger partial charge in [-0.1, -0.05) is 25.7 Å². The van der Waals surface area contributed by atoms with Crippen LogP contribution in [0.3, 0.4) is 0 Å². The summed E-state index contributed by atoms with van der Waals surface area (Å²) < 4.78 is 1.77. The van der Waals surface area contributed by atoms with Crippen LogP contribution in [0.2, 0.25) is 0 Å². The van der Waals surface area contributed by atoms with Crippen molar-refractivity contribution in [2.45, 2.75) is 52.4 Å². The number of hydrogen-bond donors (Lipinski definition) is 2. The average Bonchev–Trinajstić information content (AvgIpc) is 3.27. The van der Waals surface area contributed by atoms with Crippen molar-refractivity contribution in [1.82, 2.24) is 25.3 Å². The summed E-state index contributed by atoms with van der Waals surface area (Å²) in [5.74, 6) is 2.29. The van der Waals surface area contributed by atoms with Gasteiger partial charge in [0.1, 0.15) is 5.82 Å². The molecule has 0 aliphatic heterocycles. The fraction of sp³-hybridized carbons (Fsp3) is 0.579. The van der Waals surface area contributed by atoms with E-state index in [1.165, 1.54) is 25.7 Å². The van der Waals surface area contributed by atoms with Gasteiger partial charge in [-0.2, -0.15) is 5.10 Å². The van der Waals surface area contributed by atoms with Crippen molar-refractivity contribution in [3.05, 3.63) is 29.6 Å². The van der Waals surface area contributed by atoms with Gasteiger partial charge in [-0.3, -0.25) is 4.79 Å². The number of anilines is 1. The Bertz CT molecular complexity index is 718. The second-order valence-electron chi connectivity index (χ2n) is 7.08. The van der Waals surface area contributed by atoms with Gasteiger partial charge in [-0.15, -0.1) is 10.2 Å². The van der Waals surface area contributed by atoms with E-state index in [-0.39, 0.29) is 5.91 Å². The lowest BCUT2D eigenvalue weighted by molar-refractivity contribution is -0.121. The molecule has 3 rings (SSSR count). The lowest BCUT2D eigenvalue weighted by atomic mass is 10.0. The molecule has 7 heteroatoms. The van der Waals surface area contributed by atoms with Crippen LogP contribution in [0.4, 0.5) is 5.82 Å². The summed E-state index contributed by atoms with van der Waals surface area (Å²) in [5, 5.41) is 18.9. The molecule has 2 N–H and O–H groups in total. The molecule has 1 saturated carbocycles. The molecule has 0 radical (unpaired) electrons. The van der Waals surface area contributed by atoms with Crippen molar-refractivity contribution in [3.63, 3.8) is 0 Å². The minimum atomic E-state index is 0.143. The van der Waals surface area contributed by atoms with Crippen LogP contribution in [0.5, 0.6) is 0 Å². The van der Waals surface area contributed by atoms with Crippen molar-refractivity contribution in [3.8, 4) is 5.82 Å². The first-order valence-corrected chi connectivity index (χ1v) is 9.50. The molecule has 2 heterocycles. The van der Waals surface area contributed by atoms with Crippen LogP contribution in [0.1, 0.15) is 49.9 Å². The third-order valence-electron chi connectivity index (χ3n) is 4.88. The van der Waals surface area contributed by atoms with Crippen molar-refractivity contribution in [2.24, 2.45) is 5.92 Å². The van der Waals surface area contributed by atoms with Gasteiger partial charge in [-0.05, 0) is 44.4 Å². The predicted molar refractivity (Wildman–Crippen MR) is 101 cm³/mol. The molecule has 7 nitrogen and oxygen atoms in total. The van der Waals surface area contributed by atoms with E-state index in [4.69, 9.17) is 0 Å². The minimum absolute atomic E-state index is 0.143. The highest BCUT2D eigenvalue weighted by atomic mass is 16.1. The van der Waals surface area contributed by atoms with E-state index >= 15 is 0 Å². The molecule has 1 amide bonds. The molecule has 26 heavy (non-hydrogen) atoms. The summed E-state index contributed by atoms with van der Waals surface area (Å²) in [6.07, 6.45) is 6.91. The van der Waals surface area contributed by atoms with Crippen LogP contribution in [0.15, 0.2) is 18.2 Å². The van der Waals surface area contributed by atoms with Crippen LogP contribution in [-0.4, -0.2) is 39.0 Å². The maximum Gasteiger partial charge on any atom is 0.220 e. The maximum atomic E-state index is 11.9. The monoisotopic (exact) mass is 356 g/mol. The largest absolute Gasteiger partial charge is 0.367 e. The topological polar surface area (TPSA) is 84.7 Å². The maximum absolute atomic E-state index is 11.9. The third-order valence-corrected chi connectivity index (χ3v) is 4.88. The molecule has 0 saturated heterocycles. The molecule has 0 unspecified atom stereocenters. The number of amides is 1. The number of carbonyl (C=O) groups is 1. The van der Waals surface area contributed by atoms with Crippen molar-refractivity contribution in [2.75, 3.05) is 18.4 Å². The van der Waals surface area contributed by atoms with E-state index in [1.54, 1.807) is 4.68 Å². The Morgan fingerprint density at radius 1 is 1.19 bits per heavy atom. The number of carbonyl (C=O) groups excluding carboxylic acids is 1. The van der Waals surface area contributed by atoms with E-state index in [2.05, 4.69) is 25.9 Å². The number of nitrogens with one attached hydrogen (secondary N) is 2. The molecule has 0 spiro atoms. The van der Waals surface area contributed by atoms with E-state index in [1.807, 2.05) is 32.0 Å². The van der Waals surface area contributed by atoms with Crippen molar-refractivity contribution in [1.29, 1.82) is 0 Å². The summed E-state index contributed by atoms with van der Waals surface area (Å²) >= 11 is 0. The van der Waals surface area contributed by atoms with Gasteiger partial charge in [-0.25, -0.2) is 4.68 Å². The number of hydrogen-bond acceptors (Lipinski definition) is 5. The second-order valence-corrected chi connectivity index (χ2v) is 7.08. The van der Waals surface area contributed by atoms with Crippen LogP contribution in [0.25, 0.3) is 5.82 Å². The fourth-order valence-electron chi connectivity index (χ4n) is 3.51. The summed E-state index contributed by atoms with van der Waals surface area (Å²) in [5.41, 5.74) is 1.98. The highest BCUT2D eigenvalue weighted by molar-refractivity contribution is 5.75. The molecule has 2 aromatic rings. The van der Waals surface area contributed by atoms with Crippen LogP contribution >= 0.6 is 0 Å². The zero-order valence-corrected chi connectivity index (χ0v) is 15.7. The summed E-state index contributed by atoms with van der Waals surface area (Å²) in [6, 6.07) is 5.76. The number of aryl methyl sites for hydroxylation is 2. The molecule has 0 aromatic carbocycles. The Morgan fingerprint density at radius 2 is 2.00 bits per heavy atom. The third kappa shape index (κ3) is 5.03. The van der Waals surface area contributed by atoms with Gasteiger partial charge in [0.15, 0.2) is 5.82 Å². The molecule has 140 valence electrons. The smallest absolute Gasteiger partial charge is 0.220 e. The lowest BCUT2D eigenvalue weighted by Gasteiger charge is -2.10. The summed E-state index contributed by atoms with van der Waals surface area (Å²) in [7, 11) is 0. The second kappa shape index (κ2) is 8.78. The van der Waals surface area contributed by atoms with Gasteiger partial charge in [0.25, 0.3) is 0 Å². The Morgan fingerprint density at radius 3 is 2.65 bits per heavy atom. The molecule has 1 fully saturated rings. The summed E-state index contributed by atoms with van der Waals surface area (Å²) in [4.78, 5) is 11.9. The van der Waals surface area contributed by atoms with E-state index < -0.39 is 0 Å². The van der Waals surface area contributed by atoms with Crippen molar-refractivity contribution >= 4 is 11.7 Å². The lowest BCUT2D eigenvalue weighted by Crippen LogP contribution is -2.29. The van der Waals surface area contributed by atoms with Crippen LogP contribution < -0.4 is 10.6 Å². The van der Waals surface area contributed by atoms with Gasteiger partial charge in [0.2, 0.25) is 5.91 Å². The average molecular weight is 356 g/mol. The van der Waals surface area contributed by atoms with Gasteiger partial charge >= 0.3 is 0 Å². The zero-order valence-electron chi connectivity index (χ0n) is 15.7. The molecule has 0 atom stereocenters. The Hall–Kier alpha value is -2.44. The SMILES string of the molecule is Cc1cc(C)n(-c2ccc(NCCNC(=O)CCC3CCCC3)nn2)n1. The molecular weight excluding hydrogens is 328 g/mol. The standard InChI is InChI=1S/C19H28N6O/c1-14-13-15(2)25(24-14)18-9-8-17(22-23-18)20-11-12-21-19(26)10-7-16-5-3-4-6-16/h8-9,13,16H,3-7,10-12H2,1-2H3,(H,20,22)(H,21,26). The minimum Gasteiger partial charge on any atom is -0.367 e. The highest BCUT2D eigenvalue weighted by Crippen LogP contribution is 2.28. The molecular formula is C19H28N6O. The Labute approximate surface area is 154 Å². The van der Waals surface area contributed by atoms with Gasteiger partial charge in [0, 0.05) is 25.2 Å². The first-order valence-electron chi connectivity index (χ1n) is 9.50. The Balaban J connectivity index is 1.37. The van der Waals surface area contributed by atoms with E-state index in [9.17, 15) is 4.79 Å². The van der Waals surface area contributed by atoms with E-state index in [0.29, 0.717) is 31.1 Å². The summed E-state index contributed by atoms with van der Waals surface area (Å²) in [6.45, 7) is 5.16. The Kier molecular flexibility index (Phi) is 6.20. The number of nitrogens with zero attached hydrogens (tertiary/aromatic N) is 4. The van der Waals surface area contributed by atoms with Crippen molar-refractivity contribution < 1.29 is 4.79 Å². The van der Waals surface area contributed by atoms with Gasteiger partial charge in [0.05, 0.1) is 5.69 Å². The van der Waals surface area contributed by atoms with Crippen LogP contribution in [0, 0.1) is 19.8 Å². The normalized spacial score (nSPS) is 14.5. The highest BCUT2D eigenvalue weighted by Gasteiger charge is 2.15.